The standard InChI is InChI=1S/C14H28O4/c1-3-5-10-17-12-13(18-11-6-4-2)8-7-9-14(15)16/h13H,3-12H2,1-2H3,(H,15,16). The van der Waals surface area contributed by atoms with Gasteiger partial charge in [-0.15, -0.1) is 0 Å². The number of hydrogen-bond donors (Lipinski definition) is 1. The van der Waals surface area contributed by atoms with E-state index in [4.69, 9.17) is 14.6 Å². The first-order chi connectivity index (χ1) is 8.70. The van der Waals surface area contributed by atoms with Crippen LogP contribution in [-0.2, 0) is 14.3 Å². The minimum absolute atomic E-state index is 0.0488. The number of unbranched alkanes of at least 4 members (excludes halogenated alkanes) is 2. The molecule has 0 aromatic rings. The quantitative estimate of drug-likeness (QED) is 0.516. The summed E-state index contributed by atoms with van der Waals surface area (Å²) in [6, 6.07) is 0. The number of ether oxygens (including phenoxy) is 2. The van der Waals surface area contributed by atoms with Crippen molar-refractivity contribution < 1.29 is 19.4 Å². The third kappa shape index (κ3) is 11.9. The number of rotatable bonds is 13. The highest BCUT2D eigenvalue weighted by Crippen LogP contribution is 2.07. The van der Waals surface area contributed by atoms with Crippen LogP contribution in [0.5, 0.6) is 0 Å². The van der Waals surface area contributed by atoms with Crippen molar-refractivity contribution >= 4 is 5.97 Å². The predicted octanol–water partition coefficient (Wildman–Crippen LogP) is 3.24. The van der Waals surface area contributed by atoms with E-state index in [2.05, 4.69) is 13.8 Å². The highest BCUT2D eigenvalue weighted by atomic mass is 16.5. The smallest absolute Gasteiger partial charge is 0.303 e. The lowest BCUT2D eigenvalue weighted by Gasteiger charge is -2.17. The minimum atomic E-state index is -0.741. The van der Waals surface area contributed by atoms with Crippen LogP contribution >= 0.6 is 0 Å². The molecule has 4 heteroatoms. The molecule has 0 saturated carbocycles. The second-order valence-electron chi connectivity index (χ2n) is 4.56. The van der Waals surface area contributed by atoms with E-state index < -0.39 is 5.97 Å². The summed E-state index contributed by atoms with van der Waals surface area (Å²) in [6.45, 7) is 6.35. The molecule has 0 fully saturated rings. The minimum Gasteiger partial charge on any atom is -0.481 e. The van der Waals surface area contributed by atoms with Gasteiger partial charge in [0.2, 0.25) is 0 Å². The fourth-order valence-corrected chi connectivity index (χ4v) is 1.55. The Labute approximate surface area is 111 Å². The Hall–Kier alpha value is -0.610. The van der Waals surface area contributed by atoms with Gasteiger partial charge in [0.1, 0.15) is 0 Å². The van der Waals surface area contributed by atoms with E-state index in [0.717, 1.165) is 45.3 Å². The number of hydrogen-bond acceptors (Lipinski definition) is 3. The van der Waals surface area contributed by atoms with E-state index >= 15 is 0 Å². The van der Waals surface area contributed by atoms with Crippen LogP contribution in [-0.4, -0.2) is 37.0 Å². The summed E-state index contributed by atoms with van der Waals surface area (Å²) in [5, 5.41) is 8.61. The monoisotopic (exact) mass is 260 g/mol. The van der Waals surface area contributed by atoms with Gasteiger partial charge in [-0.2, -0.15) is 0 Å². The molecule has 0 heterocycles. The first-order valence-corrected chi connectivity index (χ1v) is 7.11. The topological polar surface area (TPSA) is 55.8 Å². The molecule has 1 atom stereocenters. The number of carbonyl (C=O) groups is 1. The summed E-state index contributed by atoms with van der Waals surface area (Å²) in [5.41, 5.74) is 0. The SMILES string of the molecule is CCCCOCC(CCCC(=O)O)OCCCC. The van der Waals surface area contributed by atoms with E-state index in [1.54, 1.807) is 0 Å². The van der Waals surface area contributed by atoms with Crippen molar-refractivity contribution in [1.82, 2.24) is 0 Å². The molecule has 108 valence electrons. The van der Waals surface area contributed by atoms with Crippen molar-refractivity contribution in [2.45, 2.75) is 64.9 Å². The van der Waals surface area contributed by atoms with Gasteiger partial charge in [-0.05, 0) is 25.7 Å². The van der Waals surface area contributed by atoms with Crippen molar-refractivity contribution in [1.29, 1.82) is 0 Å². The summed E-state index contributed by atoms with van der Waals surface area (Å²) in [4.78, 5) is 10.5. The number of carboxylic acid groups (broad SMARTS) is 1. The second kappa shape index (κ2) is 12.8. The fraction of sp³-hybridized carbons (Fsp3) is 0.929. The lowest BCUT2D eigenvalue weighted by molar-refractivity contribution is -0.137. The molecule has 0 radical (unpaired) electrons. The molecule has 0 aliphatic heterocycles. The number of carboxylic acids is 1. The van der Waals surface area contributed by atoms with E-state index in [9.17, 15) is 4.79 Å². The Balaban J connectivity index is 3.72. The Morgan fingerprint density at radius 2 is 1.78 bits per heavy atom. The fourth-order valence-electron chi connectivity index (χ4n) is 1.55. The van der Waals surface area contributed by atoms with Gasteiger partial charge < -0.3 is 14.6 Å². The van der Waals surface area contributed by atoms with Crippen molar-refractivity contribution in [2.75, 3.05) is 19.8 Å². The second-order valence-corrected chi connectivity index (χ2v) is 4.56. The Morgan fingerprint density at radius 1 is 1.11 bits per heavy atom. The van der Waals surface area contributed by atoms with Crippen molar-refractivity contribution in [3.63, 3.8) is 0 Å². The molecule has 0 aromatic heterocycles. The van der Waals surface area contributed by atoms with Crippen molar-refractivity contribution in [3.8, 4) is 0 Å². The lowest BCUT2D eigenvalue weighted by Crippen LogP contribution is -2.21. The first-order valence-electron chi connectivity index (χ1n) is 7.11. The highest BCUT2D eigenvalue weighted by Gasteiger charge is 2.10. The zero-order valence-corrected chi connectivity index (χ0v) is 11.8. The summed E-state index contributed by atoms with van der Waals surface area (Å²) in [5.74, 6) is -0.741. The molecule has 0 saturated heterocycles. The number of aliphatic carboxylic acids is 1. The first kappa shape index (κ1) is 17.4. The maximum Gasteiger partial charge on any atom is 0.303 e. The highest BCUT2D eigenvalue weighted by molar-refractivity contribution is 5.66. The summed E-state index contributed by atoms with van der Waals surface area (Å²) in [7, 11) is 0. The molecular weight excluding hydrogens is 232 g/mol. The molecule has 1 unspecified atom stereocenters. The van der Waals surface area contributed by atoms with Crippen LogP contribution in [0.25, 0.3) is 0 Å². The van der Waals surface area contributed by atoms with Crippen LogP contribution in [0.1, 0.15) is 58.8 Å². The molecule has 18 heavy (non-hydrogen) atoms. The summed E-state index contributed by atoms with van der Waals surface area (Å²) in [6.07, 6.45) is 6.03. The van der Waals surface area contributed by atoms with Gasteiger partial charge in [-0.25, -0.2) is 0 Å². The van der Waals surface area contributed by atoms with Crippen molar-refractivity contribution in [2.24, 2.45) is 0 Å². The van der Waals surface area contributed by atoms with Gasteiger partial charge in [0.15, 0.2) is 0 Å². The van der Waals surface area contributed by atoms with E-state index in [0.29, 0.717) is 13.0 Å². The average molecular weight is 260 g/mol. The van der Waals surface area contributed by atoms with E-state index in [-0.39, 0.29) is 12.5 Å². The maximum absolute atomic E-state index is 10.5. The van der Waals surface area contributed by atoms with Crippen LogP contribution < -0.4 is 0 Å². The Morgan fingerprint density at radius 3 is 2.39 bits per heavy atom. The summed E-state index contributed by atoms with van der Waals surface area (Å²) >= 11 is 0. The van der Waals surface area contributed by atoms with Gasteiger partial charge >= 0.3 is 5.97 Å². The molecule has 0 amide bonds. The molecule has 4 nitrogen and oxygen atoms in total. The molecule has 0 aliphatic carbocycles. The van der Waals surface area contributed by atoms with Crippen LogP contribution in [0.4, 0.5) is 0 Å². The van der Waals surface area contributed by atoms with Crippen LogP contribution in [0.2, 0.25) is 0 Å². The molecule has 1 N–H and O–H groups in total. The van der Waals surface area contributed by atoms with Crippen LogP contribution in [0.15, 0.2) is 0 Å². The molecule has 0 aliphatic rings. The zero-order chi connectivity index (χ0) is 13.6. The van der Waals surface area contributed by atoms with Crippen LogP contribution in [0, 0.1) is 0 Å². The van der Waals surface area contributed by atoms with E-state index in [1.807, 2.05) is 0 Å². The Bertz CT molecular complexity index is 194. The normalized spacial score (nSPS) is 12.6. The zero-order valence-electron chi connectivity index (χ0n) is 11.8. The maximum atomic E-state index is 10.5. The third-order valence-corrected chi connectivity index (χ3v) is 2.71. The van der Waals surface area contributed by atoms with Gasteiger partial charge in [-0.3, -0.25) is 4.79 Å². The predicted molar refractivity (Wildman–Crippen MR) is 71.9 cm³/mol. The molecular formula is C14H28O4. The lowest BCUT2D eigenvalue weighted by atomic mass is 10.1. The molecule has 0 rings (SSSR count). The molecule has 0 bridgehead atoms. The van der Waals surface area contributed by atoms with Crippen molar-refractivity contribution in [3.05, 3.63) is 0 Å². The van der Waals surface area contributed by atoms with Crippen LogP contribution in [0.3, 0.4) is 0 Å². The third-order valence-electron chi connectivity index (χ3n) is 2.71. The van der Waals surface area contributed by atoms with E-state index in [1.165, 1.54) is 0 Å². The molecule has 0 spiro atoms. The van der Waals surface area contributed by atoms with Gasteiger partial charge in [0.25, 0.3) is 0 Å². The molecule has 0 aromatic carbocycles. The van der Waals surface area contributed by atoms with Gasteiger partial charge in [0.05, 0.1) is 12.7 Å². The largest absolute Gasteiger partial charge is 0.481 e. The Kier molecular flexibility index (Phi) is 12.4. The van der Waals surface area contributed by atoms with Gasteiger partial charge in [-0.1, -0.05) is 26.7 Å². The van der Waals surface area contributed by atoms with Gasteiger partial charge in [0, 0.05) is 19.6 Å². The summed E-state index contributed by atoms with van der Waals surface area (Å²) < 4.78 is 11.3. The average Bonchev–Trinajstić information content (AvgIpc) is 2.33.